The molecule has 0 heterocycles. The summed E-state index contributed by atoms with van der Waals surface area (Å²) in [7, 11) is -2.78. The number of ether oxygens (including phenoxy) is 1. The van der Waals surface area contributed by atoms with Crippen molar-refractivity contribution in [2.75, 3.05) is 7.11 Å². The Bertz CT molecular complexity index is 497. The molecule has 0 aliphatic rings. The average Bonchev–Trinajstić information content (AvgIpc) is 2.15. The molecular weight excluding hydrogens is 286 g/mol. The number of esters is 1. The van der Waals surface area contributed by atoms with Gasteiger partial charge in [0.15, 0.2) is 0 Å². The van der Waals surface area contributed by atoms with Crippen LogP contribution < -0.4 is 5.14 Å². The minimum absolute atomic E-state index is 0.0804. The zero-order chi connectivity index (χ0) is 11.6. The SMILES string of the molecule is COC(=O)c1ccc(Br)cc1S(N)(=O)=O. The van der Waals surface area contributed by atoms with Gasteiger partial charge in [0.05, 0.1) is 17.6 Å². The number of methoxy groups -OCH3 is 1. The van der Waals surface area contributed by atoms with Crippen molar-refractivity contribution >= 4 is 31.9 Å². The van der Waals surface area contributed by atoms with E-state index in [1.807, 2.05) is 0 Å². The van der Waals surface area contributed by atoms with Gasteiger partial charge in [0.25, 0.3) is 0 Å². The maximum atomic E-state index is 11.2. The summed E-state index contributed by atoms with van der Waals surface area (Å²) in [6.07, 6.45) is 0. The molecule has 0 unspecified atom stereocenters. The summed E-state index contributed by atoms with van der Waals surface area (Å²) < 4.78 is 27.3. The van der Waals surface area contributed by atoms with Crippen LogP contribution in [0.4, 0.5) is 0 Å². The van der Waals surface area contributed by atoms with Gasteiger partial charge in [0.2, 0.25) is 10.0 Å². The van der Waals surface area contributed by atoms with E-state index in [1.165, 1.54) is 18.2 Å². The van der Waals surface area contributed by atoms with E-state index in [0.29, 0.717) is 4.47 Å². The molecule has 2 N–H and O–H groups in total. The first kappa shape index (κ1) is 12.2. The second-order valence-electron chi connectivity index (χ2n) is 2.68. The molecule has 0 spiro atoms. The third-order valence-corrected chi connectivity index (χ3v) is 3.10. The first-order chi connectivity index (χ1) is 6.86. The Labute approximate surface area is 95.4 Å². The number of carbonyl (C=O) groups excluding carboxylic acids is 1. The zero-order valence-electron chi connectivity index (χ0n) is 7.73. The maximum Gasteiger partial charge on any atom is 0.339 e. The van der Waals surface area contributed by atoms with Crippen molar-refractivity contribution in [1.82, 2.24) is 0 Å². The van der Waals surface area contributed by atoms with Gasteiger partial charge in [0, 0.05) is 4.47 Å². The second kappa shape index (κ2) is 4.30. The molecule has 0 saturated carbocycles. The minimum Gasteiger partial charge on any atom is -0.465 e. The molecule has 0 radical (unpaired) electrons. The Morgan fingerprint density at radius 3 is 2.53 bits per heavy atom. The molecule has 0 aliphatic carbocycles. The van der Waals surface area contributed by atoms with Crippen LogP contribution in [0.1, 0.15) is 10.4 Å². The second-order valence-corrected chi connectivity index (χ2v) is 5.12. The molecule has 1 aromatic carbocycles. The number of carbonyl (C=O) groups is 1. The van der Waals surface area contributed by atoms with Crippen LogP contribution in [0.5, 0.6) is 0 Å². The molecule has 0 aromatic heterocycles. The average molecular weight is 294 g/mol. The number of halogens is 1. The normalized spacial score (nSPS) is 11.1. The molecule has 0 fully saturated rings. The molecule has 1 rings (SSSR count). The molecule has 0 amide bonds. The molecule has 0 aliphatic heterocycles. The molecular formula is C8H8BrNO4S. The lowest BCUT2D eigenvalue weighted by Gasteiger charge is -2.05. The van der Waals surface area contributed by atoms with Crippen molar-refractivity contribution < 1.29 is 17.9 Å². The first-order valence-corrected chi connectivity index (χ1v) is 6.11. The van der Waals surface area contributed by atoms with Crippen LogP contribution in [0, 0.1) is 0 Å². The molecule has 1 aromatic rings. The van der Waals surface area contributed by atoms with Crippen molar-refractivity contribution in [2.24, 2.45) is 5.14 Å². The Hall–Kier alpha value is -0.920. The summed E-state index contributed by atoms with van der Waals surface area (Å²) in [5.74, 6) is -0.744. The van der Waals surface area contributed by atoms with Gasteiger partial charge in [-0.15, -0.1) is 0 Å². The molecule has 15 heavy (non-hydrogen) atoms. The summed E-state index contributed by atoms with van der Waals surface area (Å²) in [5, 5.41) is 4.96. The summed E-state index contributed by atoms with van der Waals surface area (Å²) in [4.78, 5) is 11.0. The summed E-state index contributed by atoms with van der Waals surface area (Å²) in [6, 6.07) is 4.11. The number of rotatable bonds is 2. The predicted molar refractivity (Wildman–Crippen MR) is 56.9 cm³/mol. The highest BCUT2D eigenvalue weighted by Gasteiger charge is 2.19. The number of sulfonamides is 1. The van der Waals surface area contributed by atoms with Crippen molar-refractivity contribution in [3.05, 3.63) is 28.2 Å². The Balaban J connectivity index is 3.47. The summed E-state index contributed by atoms with van der Waals surface area (Å²) in [6.45, 7) is 0. The largest absolute Gasteiger partial charge is 0.465 e. The minimum atomic E-state index is -3.94. The summed E-state index contributed by atoms with van der Waals surface area (Å²) >= 11 is 3.09. The lowest BCUT2D eigenvalue weighted by atomic mass is 10.2. The van der Waals surface area contributed by atoms with Gasteiger partial charge in [-0.25, -0.2) is 18.4 Å². The van der Waals surface area contributed by atoms with Gasteiger partial charge in [-0.2, -0.15) is 0 Å². The van der Waals surface area contributed by atoms with Gasteiger partial charge in [-0.05, 0) is 18.2 Å². The van der Waals surface area contributed by atoms with E-state index in [0.717, 1.165) is 7.11 Å². The van der Waals surface area contributed by atoms with E-state index in [-0.39, 0.29) is 10.5 Å². The van der Waals surface area contributed by atoms with Crippen molar-refractivity contribution in [2.45, 2.75) is 4.90 Å². The fraction of sp³-hybridized carbons (Fsp3) is 0.125. The maximum absolute atomic E-state index is 11.2. The van der Waals surface area contributed by atoms with E-state index in [2.05, 4.69) is 20.7 Å². The highest BCUT2D eigenvalue weighted by atomic mass is 79.9. The van der Waals surface area contributed by atoms with Crippen molar-refractivity contribution in [3.63, 3.8) is 0 Å². The number of primary sulfonamides is 1. The molecule has 7 heteroatoms. The van der Waals surface area contributed by atoms with Gasteiger partial charge in [0.1, 0.15) is 0 Å². The molecule has 5 nitrogen and oxygen atoms in total. The van der Waals surface area contributed by atoms with E-state index in [9.17, 15) is 13.2 Å². The lowest BCUT2D eigenvalue weighted by Crippen LogP contribution is -2.17. The van der Waals surface area contributed by atoms with E-state index in [4.69, 9.17) is 5.14 Å². The van der Waals surface area contributed by atoms with Gasteiger partial charge in [-0.1, -0.05) is 15.9 Å². The van der Waals surface area contributed by atoms with E-state index < -0.39 is 16.0 Å². The number of hydrogen-bond donors (Lipinski definition) is 1. The zero-order valence-corrected chi connectivity index (χ0v) is 10.1. The predicted octanol–water partition coefficient (Wildman–Crippen LogP) is 0.883. The number of hydrogen-bond acceptors (Lipinski definition) is 4. The van der Waals surface area contributed by atoms with E-state index in [1.54, 1.807) is 0 Å². The Morgan fingerprint density at radius 2 is 2.07 bits per heavy atom. The van der Waals surface area contributed by atoms with Gasteiger partial charge < -0.3 is 4.74 Å². The van der Waals surface area contributed by atoms with Crippen molar-refractivity contribution in [1.29, 1.82) is 0 Å². The highest BCUT2D eigenvalue weighted by Crippen LogP contribution is 2.20. The summed E-state index contributed by atoms with van der Waals surface area (Å²) in [5.41, 5.74) is -0.0804. The lowest BCUT2D eigenvalue weighted by molar-refractivity contribution is 0.0596. The van der Waals surface area contributed by atoms with Crippen LogP contribution >= 0.6 is 15.9 Å². The quantitative estimate of drug-likeness (QED) is 0.820. The third-order valence-electron chi connectivity index (χ3n) is 1.66. The smallest absolute Gasteiger partial charge is 0.339 e. The number of benzene rings is 1. The van der Waals surface area contributed by atoms with Crippen LogP contribution in [-0.2, 0) is 14.8 Å². The topological polar surface area (TPSA) is 86.5 Å². The van der Waals surface area contributed by atoms with Crippen LogP contribution in [0.25, 0.3) is 0 Å². The Kier molecular flexibility index (Phi) is 3.48. The third kappa shape index (κ3) is 2.77. The van der Waals surface area contributed by atoms with Crippen LogP contribution in [0.15, 0.2) is 27.6 Å². The number of nitrogens with two attached hydrogens (primary N) is 1. The molecule has 82 valence electrons. The van der Waals surface area contributed by atoms with Gasteiger partial charge in [-0.3, -0.25) is 0 Å². The van der Waals surface area contributed by atoms with Crippen molar-refractivity contribution in [3.8, 4) is 0 Å². The fourth-order valence-electron chi connectivity index (χ4n) is 1.01. The Morgan fingerprint density at radius 1 is 1.47 bits per heavy atom. The standard InChI is InChI=1S/C8H8BrNO4S/c1-14-8(11)6-3-2-5(9)4-7(6)15(10,12)13/h2-4H,1H3,(H2,10,12,13). The van der Waals surface area contributed by atoms with E-state index >= 15 is 0 Å². The van der Waals surface area contributed by atoms with Crippen LogP contribution in [0.3, 0.4) is 0 Å². The molecule has 0 bridgehead atoms. The van der Waals surface area contributed by atoms with Crippen LogP contribution in [-0.4, -0.2) is 21.5 Å². The molecule has 0 atom stereocenters. The highest BCUT2D eigenvalue weighted by molar-refractivity contribution is 9.10. The van der Waals surface area contributed by atoms with Crippen LogP contribution in [0.2, 0.25) is 0 Å². The fourth-order valence-corrected chi connectivity index (χ4v) is 2.27. The monoisotopic (exact) mass is 293 g/mol. The van der Waals surface area contributed by atoms with Gasteiger partial charge >= 0.3 is 5.97 Å². The first-order valence-electron chi connectivity index (χ1n) is 3.77. The molecule has 0 saturated heterocycles.